The molecule has 0 radical (unpaired) electrons. The van der Waals surface area contributed by atoms with Crippen LogP contribution in [0.3, 0.4) is 0 Å². The molecule has 2 amide bonds. The predicted molar refractivity (Wildman–Crippen MR) is 119 cm³/mol. The smallest absolute Gasteiger partial charge is 0.308 e. The maximum Gasteiger partial charge on any atom is 0.308 e. The fourth-order valence-electron chi connectivity index (χ4n) is 3.05. The minimum Gasteiger partial charge on any atom is -0.460 e. The molecular weight excluding hydrogens is 396 g/mol. The fourth-order valence-corrected chi connectivity index (χ4v) is 3.05. The van der Waals surface area contributed by atoms with Crippen molar-refractivity contribution in [2.45, 2.75) is 71.9 Å². The number of aryl methyl sites for hydroxylation is 1. The monoisotopic (exact) mass is 432 g/mol. The quantitative estimate of drug-likeness (QED) is 0.300. The average molecular weight is 433 g/mol. The molecular formula is C24H36N2O5. The number of hydrogen-bond donors (Lipinski definition) is 2. The Bertz CT molecular complexity index is 725. The lowest BCUT2D eigenvalue weighted by Gasteiger charge is -2.23. The number of hydrogen-bond acceptors (Lipinski definition) is 5. The molecule has 7 heteroatoms. The summed E-state index contributed by atoms with van der Waals surface area (Å²) in [4.78, 5) is 48.3. The van der Waals surface area contributed by atoms with Gasteiger partial charge in [-0.2, -0.15) is 0 Å². The Morgan fingerprint density at radius 1 is 1.06 bits per heavy atom. The third kappa shape index (κ3) is 11.3. The molecule has 1 aromatic rings. The van der Waals surface area contributed by atoms with Gasteiger partial charge < -0.3 is 20.2 Å². The highest BCUT2D eigenvalue weighted by Gasteiger charge is 2.28. The zero-order valence-electron chi connectivity index (χ0n) is 19.3. The second-order valence-corrected chi connectivity index (χ2v) is 9.04. The number of benzene rings is 1. The van der Waals surface area contributed by atoms with Crippen LogP contribution < -0.4 is 10.6 Å². The van der Waals surface area contributed by atoms with Crippen LogP contribution in [0.15, 0.2) is 30.3 Å². The van der Waals surface area contributed by atoms with Gasteiger partial charge in [-0.25, -0.2) is 0 Å². The van der Waals surface area contributed by atoms with E-state index in [9.17, 15) is 19.2 Å². The second kappa shape index (κ2) is 12.9. The van der Waals surface area contributed by atoms with E-state index in [0.29, 0.717) is 12.8 Å². The number of amides is 2. The van der Waals surface area contributed by atoms with Gasteiger partial charge in [0.25, 0.3) is 0 Å². The van der Waals surface area contributed by atoms with Crippen LogP contribution in [0, 0.1) is 11.8 Å². The molecule has 172 valence electrons. The Hall–Kier alpha value is -2.70. The summed E-state index contributed by atoms with van der Waals surface area (Å²) in [6.45, 7) is 9.40. The van der Waals surface area contributed by atoms with E-state index in [2.05, 4.69) is 10.6 Å². The van der Waals surface area contributed by atoms with Gasteiger partial charge in [0.1, 0.15) is 11.9 Å². The third-order valence-corrected chi connectivity index (χ3v) is 4.65. The van der Waals surface area contributed by atoms with Crippen LogP contribution in [0.2, 0.25) is 0 Å². The fraction of sp³-hybridized carbons (Fsp3) is 0.583. The molecule has 0 unspecified atom stereocenters. The third-order valence-electron chi connectivity index (χ3n) is 4.65. The molecule has 0 aliphatic carbocycles. The molecule has 0 spiro atoms. The normalized spacial score (nSPS) is 13.2. The molecule has 0 aromatic heterocycles. The van der Waals surface area contributed by atoms with E-state index in [1.165, 1.54) is 5.56 Å². The highest BCUT2D eigenvalue weighted by molar-refractivity contribution is 5.88. The van der Waals surface area contributed by atoms with Crippen molar-refractivity contribution in [2.75, 3.05) is 6.54 Å². The Kier molecular flexibility index (Phi) is 10.9. The first-order valence-corrected chi connectivity index (χ1v) is 10.8. The number of aldehydes is 1. The summed E-state index contributed by atoms with van der Waals surface area (Å²) in [6, 6.07) is 9.02. The van der Waals surface area contributed by atoms with Gasteiger partial charge in [-0.15, -0.1) is 0 Å². The Morgan fingerprint density at radius 3 is 2.26 bits per heavy atom. The zero-order chi connectivity index (χ0) is 23.4. The molecule has 7 nitrogen and oxygen atoms in total. The van der Waals surface area contributed by atoms with E-state index in [1.807, 2.05) is 44.2 Å². The van der Waals surface area contributed by atoms with Gasteiger partial charge in [0.2, 0.25) is 11.8 Å². The van der Waals surface area contributed by atoms with Gasteiger partial charge in [0.05, 0.1) is 12.5 Å². The molecule has 2 atom stereocenters. The first-order chi connectivity index (χ1) is 14.5. The molecule has 0 saturated carbocycles. The molecule has 0 aliphatic heterocycles. The summed E-state index contributed by atoms with van der Waals surface area (Å²) < 4.78 is 5.20. The van der Waals surface area contributed by atoms with Gasteiger partial charge in [-0.1, -0.05) is 44.2 Å². The van der Waals surface area contributed by atoms with Crippen molar-refractivity contribution in [1.82, 2.24) is 10.6 Å². The van der Waals surface area contributed by atoms with E-state index < -0.39 is 29.4 Å². The number of rotatable bonds is 12. The van der Waals surface area contributed by atoms with Crippen molar-refractivity contribution < 1.29 is 23.9 Å². The average Bonchev–Trinajstić information content (AvgIpc) is 2.67. The van der Waals surface area contributed by atoms with Gasteiger partial charge in [0, 0.05) is 18.9 Å². The minimum atomic E-state index is -0.988. The maximum atomic E-state index is 12.7. The predicted octanol–water partition coefficient (Wildman–Crippen LogP) is 2.81. The largest absolute Gasteiger partial charge is 0.460 e. The highest BCUT2D eigenvalue weighted by Crippen LogP contribution is 2.16. The van der Waals surface area contributed by atoms with Gasteiger partial charge in [-0.05, 0) is 45.1 Å². The van der Waals surface area contributed by atoms with Crippen molar-refractivity contribution in [3.8, 4) is 0 Å². The summed E-state index contributed by atoms with van der Waals surface area (Å²) in [5.74, 6) is -1.91. The summed E-state index contributed by atoms with van der Waals surface area (Å²) in [6.07, 6.45) is 1.96. The van der Waals surface area contributed by atoms with Crippen LogP contribution in [-0.2, 0) is 30.3 Å². The van der Waals surface area contributed by atoms with Crippen molar-refractivity contribution in [1.29, 1.82) is 0 Å². The summed E-state index contributed by atoms with van der Waals surface area (Å²) in [7, 11) is 0. The lowest BCUT2D eigenvalue weighted by atomic mass is 9.91. The van der Waals surface area contributed by atoms with E-state index in [-0.39, 0.29) is 24.7 Å². The first kappa shape index (κ1) is 26.3. The van der Waals surface area contributed by atoms with Gasteiger partial charge in [0.15, 0.2) is 0 Å². The SMILES string of the molecule is CC(C)[C@H](CC(=O)NCCCc1ccccc1)C(=O)N[C@H](C=O)CC(=O)OC(C)(C)C. The molecule has 0 aliphatic rings. The summed E-state index contributed by atoms with van der Waals surface area (Å²) in [5.41, 5.74) is 0.536. The maximum absolute atomic E-state index is 12.7. The van der Waals surface area contributed by atoms with Crippen molar-refractivity contribution in [2.24, 2.45) is 11.8 Å². The minimum absolute atomic E-state index is 0.0207. The van der Waals surface area contributed by atoms with Crippen molar-refractivity contribution in [3.05, 3.63) is 35.9 Å². The summed E-state index contributed by atoms with van der Waals surface area (Å²) in [5, 5.41) is 5.43. The molecule has 0 fully saturated rings. The molecule has 2 N–H and O–H groups in total. The standard InChI is InChI=1S/C24H36N2O5/c1-17(2)20(15-21(28)25-13-9-12-18-10-7-6-8-11-18)23(30)26-19(16-27)14-22(29)31-24(3,4)5/h6-8,10-11,16-17,19-20H,9,12-15H2,1-5H3,(H,25,28)(H,26,30)/t19-,20-/m0/s1. The van der Waals surface area contributed by atoms with E-state index >= 15 is 0 Å². The molecule has 1 rings (SSSR count). The highest BCUT2D eigenvalue weighted by atomic mass is 16.6. The van der Waals surface area contributed by atoms with Gasteiger partial charge >= 0.3 is 5.97 Å². The molecule has 0 bridgehead atoms. The van der Waals surface area contributed by atoms with Crippen LogP contribution in [-0.4, -0.2) is 42.3 Å². The molecule has 0 saturated heterocycles. The first-order valence-electron chi connectivity index (χ1n) is 10.8. The van der Waals surface area contributed by atoms with Gasteiger partial charge in [-0.3, -0.25) is 14.4 Å². The van der Waals surface area contributed by atoms with E-state index in [0.717, 1.165) is 12.8 Å². The number of carbonyl (C=O) groups is 4. The number of nitrogens with one attached hydrogen (secondary N) is 2. The lowest BCUT2D eigenvalue weighted by molar-refractivity contribution is -0.156. The lowest BCUT2D eigenvalue weighted by Crippen LogP contribution is -2.44. The molecule has 1 aromatic carbocycles. The van der Waals surface area contributed by atoms with Crippen LogP contribution in [0.4, 0.5) is 0 Å². The van der Waals surface area contributed by atoms with Crippen LogP contribution in [0.5, 0.6) is 0 Å². The summed E-state index contributed by atoms with van der Waals surface area (Å²) >= 11 is 0. The second-order valence-electron chi connectivity index (χ2n) is 9.04. The zero-order valence-corrected chi connectivity index (χ0v) is 19.3. The number of carbonyl (C=O) groups excluding carboxylic acids is 4. The van der Waals surface area contributed by atoms with E-state index in [4.69, 9.17) is 4.74 Å². The van der Waals surface area contributed by atoms with Crippen LogP contribution >= 0.6 is 0 Å². The van der Waals surface area contributed by atoms with Crippen LogP contribution in [0.25, 0.3) is 0 Å². The van der Waals surface area contributed by atoms with Crippen molar-refractivity contribution in [3.63, 3.8) is 0 Å². The number of esters is 1. The Labute approximate surface area is 185 Å². The molecule has 0 heterocycles. The number of ether oxygens (including phenoxy) is 1. The van der Waals surface area contributed by atoms with Crippen LogP contribution in [0.1, 0.15) is 59.4 Å². The Balaban J connectivity index is 2.50. The Morgan fingerprint density at radius 2 is 1.71 bits per heavy atom. The topological polar surface area (TPSA) is 102 Å². The van der Waals surface area contributed by atoms with Crippen molar-refractivity contribution >= 4 is 24.1 Å². The van der Waals surface area contributed by atoms with E-state index in [1.54, 1.807) is 20.8 Å². The molecule has 31 heavy (non-hydrogen) atoms.